The second-order valence-electron chi connectivity index (χ2n) is 8.86. The van der Waals surface area contributed by atoms with Gasteiger partial charge in [0.2, 0.25) is 5.91 Å². The molecule has 18 heteroatoms. The van der Waals surface area contributed by atoms with Gasteiger partial charge >= 0.3 is 12.2 Å². The Bertz CT molecular complexity index is 765. The first-order chi connectivity index (χ1) is 20.7. The van der Waals surface area contributed by atoms with Crippen LogP contribution in [0.4, 0.5) is 9.59 Å². The van der Waals surface area contributed by atoms with Gasteiger partial charge in [-0.2, -0.15) is 0 Å². The first kappa shape index (κ1) is 40.9. The number of aliphatic hydroxyl groups excluding tert-OH is 1. The number of rotatable bonds is 29. The van der Waals surface area contributed by atoms with E-state index >= 15 is 0 Å². The zero-order valence-electron chi connectivity index (χ0n) is 25.2. The normalized spacial score (nSPS) is 13.1. The SMILES string of the molecule is COCCOCNC(=O)OCC(COC(=O)NCCOCCCO)OCCCC(=O)NCCCCCCOP(=O)([O-])OC. The lowest BCUT2D eigenvalue weighted by Crippen LogP contribution is -2.35. The first-order valence-electron chi connectivity index (χ1n) is 14.2. The van der Waals surface area contributed by atoms with Crippen molar-refractivity contribution in [2.24, 2.45) is 0 Å². The van der Waals surface area contributed by atoms with Crippen LogP contribution in [0.2, 0.25) is 0 Å². The quantitative estimate of drug-likeness (QED) is 0.0492. The van der Waals surface area contributed by atoms with Crippen LogP contribution in [0.5, 0.6) is 0 Å². The molecular formula is C25H49N3O14P-. The number of ether oxygens (including phenoxy) is 6. The zero-order chi connectivity index (χ0) is 32.0. The first-order valence-corrected chi connectivity index (χ1v) is 15.7. The third-order valence-electron chi connectivity index (χ3n) is 5.28. The number of alkyl carbamates (subject to hydrolysis) is 2. The average molecular weight is 647 g/mol. The predicted octanol–water partition coefficient (Wildman–Crippen LogP) is 0.432. The molecule has 17 nitrogen and oxygen atoms in total. The molecule has 0 aliphatic carbocycles. The van der Waals surface area contributed by atoms with Gasteiger partial charge in [0.1, 0.15) is 26.0 Å². The lowest BCUT2D eigenvalue weighted by molar-refractivity contribution is -0.223. The second kappa shape index (κ2) is 28.7. The van der Waals surface area contributed by atoms with Crippen LogP contribution in [0.15, 0.2) is 0 Å². The summed E-state index contributed by atoms with van der Waals surface area (Å²) in [4.78, 5) is 47.0. The number of methoxy groups -OCH3 is 1. The summed E-state index contributed by atoms with van der Waals surface area (Å²) in [6.45, 7) is 1.73. The van der Waals surface area contributed by atoms with E-state index in [0.29, 0.717) is 45.6 Å². The van der Waals surface area contributed by atoms with E-state index in [9.17, 15) is 23.8 Å². The minimum Gasteiger partial charge on any atom is -0.756 e. The van der Waals surface area contributed by atoms with Crippen LogP contribution < -0.4 is 20.8 Å². The number of carbonyl (C=O) groups excluding carboxylic acids is 3. The Morgan fingerprint density at radius 2 is 1.49 bits per heavy atom. The van der Waals surface area contributed by atoms with Gasteiger partial charge in [-0.3, -0.25) is 14.7 Å². The number of phosphoric ester groups is 1. The molecule has 4 N–H and O–H groups in total. The maximum atomic E-state index is 12.1. The van der Waals surface area contributed by atoms with Crippen LogP contribution in [0.25, 0.3) is 0 Å². The van der Waals surface area contributed by atoms with E-state index in [0.717, 1.165) is 26.4 Å². The van der Waals surface area contributed by atoms with Gasteiger partial charge in [0.25, 0.3) is 7.82 Å². The molecule has 2 unspecified atom stereocenters. The van der Waals surface area contributed by atoms with Crippen molar-refractivity contribution in [1.82, 2.24) is 16.0 Å². The summed E-state index contributed by atoms with van der Waals surface area (Å²) in [6.07, 6.45) is 1.68. The monoisotopic (exact) mass is 646 g/mol. The summed E-state index contributed by atoms with van der Waals surface area (Å²) < 4.78 is 51.1. The van der Waals surface area contributed by atoms with Gasteiger partial charge in [0.15, 0.2) is 0 Å². The van der Waals surface area contributed by atoms with E-state index < -0.39 is 26.1 Å². The minimum absolute atomic E-state index is 0.0218. The van der Waals surface area contributed by atoms with Gasteiger partial charge in [-0.15, -0.1) is 0 Å². The second-order valence-corrected chi connectivity index (χ2v) is 10.4. The van der Waals surface area contributed by atoms with Crippen molar-refractivity contribution in [1.29, 1.82) is 0 Å². The zero-order valence-corrected chi connectivity index (χ0v) is 26.1. The lowest BCUT2D eigenvalue weighted by Gasteiger charge is -2.19. The molecule has 0 spiro atoms. The Hall–Kier alpha value is -2.08. The van der Waals surface area contributed by atoms with Crippen LogP contribution in [-0.2, 0) is 46.8 Å². The van der Waals surface area contributed by atoms with Gasteiger partial charge in [0, 0.05) is 53.6 Å². The molecular weight excluding hydrogens is 597 g/mol. The minimum atomic E-state index is -4.19. The fourth-order valence-electron chi connectivity index (χ4n) is 3.01. The number of hydrogen-bond acceptors (Lipinski definition) is 14. The molecule has 0 saturated carbocycles. The van der Waals surface area contributed by atoms with Crippen LogP contribution in [0.3, 0.4) is 0 Å². The number of aliphatic hydroxyl groups is 1. The van der Waals surface area contributed by atoms with Crippen molar-refractivity contribution in [2.75, 3.05) is 93.5 Å². The highest BCUT2D eigenvalue weighted by molar-refractivity contribution is 7.45. The highest BCUT2D eigenvalue weighted by Gasteiger charge is 2.16. The molecule has 0 aromatic carbocycles. The summed E-state index contributed by atoms with van der Waals surface area (Å²) >= 11 is 0. The van der Waals surface area contributed by atoms with Gasteiger partial charge in [-0.05, 0) is 25.7 Å². The van der Waals surface area contributed by atoms with Crippen molar-refractivity contribution in [3.05, 3.63) is 0 Å². The smallest absolute Gasteiger partial charge is 0.409 e. The maximum Gasteiger partial charge on any atom is 0.409 e. The van der Waals surface area contributed by atoms with Crippen molar-refractivity contribution in [3.63, 3.8) is 0 Å². The van der Waals surface area contributed by atoms with E-state index in [1.54, 1.807) is 0 Å². The Labute approximate surface area is 253 Å². The molecule has 0 aliphatic rings. The van der Waals surface area contributed by atoms with E-state index in [1.165, 1.54) is 7.11 Å². The highest BCUT2D eigenvalue weighted by atomic mass is 31.2. The molecule has 3 amide bonds. The van der Waals surface area contributed by atoms with Crippen LogP contribution >= 0.6 is 7.82 Å². The Morgan fingerprint density at radius 3 is 2.19 bits per heavy atom. The Balaban J connectivity index is 4.25. The molecule has 0 heterocycles. The third-order valence-corrected chi connectivity index (χ3v) is 6.23. The Kier molecular flexibility index (Phi) is 27.3. The van der Waals surface area contributed by atoms with Gasteiger partial charge in [-0.25, -0.2) is 9.59 Å². The van der Waals surface area contributed by atoms with Crippen LogP contribution in [0.1, 0.15) is 44.9 Å². The molecule has 2 atom stereocenters. The van der Waals surface area contributed by atoms with Crippen molar-refractivity contribution >= 4 is 25.9 Å². The van der Waals surface area contributed by atoms with E-state index in [-0.39, 0.29) is 65.2 Å². The Morgan fingerprint density at radius 1 is 0.767 bits per heavy atom. The van der Waals surface area contributed by atoms with E-state index in [4.69, 9.17) is 33.5 Å². The summed E-state index contributed by atoms with van der Waals surface area (Å²) in [6, 6.07) is 0. The third kappa shape index (κ3) is 28.4. The fourth-order valence-corrected chi connectivity index (χ4v) is 3.47. The average Bonchev–Trinajstić information content (AvgIpc) is 2.99. The molecule has 0 saturated heterocycles. The summed E-state index contributed by atoms with van der Waals surface area (Å²) in [5, 5.41) is 16.4. The summed E-state index contributed by atoms with van der Waals surface area (Å²) in [5.41, 5.74) is 0. The number of carbonyl (C=O) groups is 3. The molecule has 0 aliphatic heterocycles. The van der Waals surface area contributed by atoms with Gasteiger partial charge < -0.3 is 58.1 Å². The lowest BCUT2D eigenvalue weighted by atomic mass is 10.2. The molecule has 43 heavy (non-hydrogen) atoms. The van der Waals surface area contributed by atoms with Gasteiger partial charge in [0.05, 0.1) is 26.4 Å². The predicted molar refractivity (Wildman–Crippen MR) is 150 cm³/mol. The number of nitrogens with one attached hydrogen (secondary N) is 3. The van der Waals surface area contributed by atoms with Crippen LogP contribution in [0, 0.1) is 0 Å². The molecule has 0 fully saturated rings. The summed E-state index contributed by atoms with van der Waals surface area (Å²) in [5.74, 6) is -0.156. The summed E-state index contributed by atoms with van der Waals surface area (Å²) in [7, 11) is -1.62. The number of hydrogen-bond donors (Lipinski definition) is 4. The number of unbranched alkanes of at least 4 members (excludes halogenated alkanes) is 3. The number of phosphoric acid groups is 1. The maximum absolute atomic E-state index is 12.1. The fraction of sp³-hybridized carbons (Fsp3) is 0.880. The van der Waals surface area contributed by atoms with Crippen molar-refractivity contribution < 1.29 is 66.4 Å². The number of amides is 3. The molecule has 0 rings (SSSR count). The van der Waals surface area contributed by atoms with Crippen molar-refractivity contribution in [2.45, 2.75) is 51.0 Å². The highest BCUT2D eigenvalue weighted by Crippen LogP contribution is 2.36. The molecule has 0 radical (unpaired) electrons. The van der Waals surface area contributed by atoms with Crippen LogP contribution in [-0.4, -0.2) is 123 Å². The topological polar surface area (TPSA) is 221 Å². The largest absolute Gasteiger partial charge is 0.756 e. The van der Waals surface area contributed by atoms with E-state index in [2.05, 4.69) is 25.0 Å². The van der Waals surface area contributed by atoms with Gasteiger partial charge in [-0.1, -0.05) is 12.8 Å². The van der Waals surface area contributed by atoms with E-state index in [1.807, 2.05) is 0 Å². The molecule has 0 bridgehead atoms. The molecule has 0 aromatic heterocycles. The van der Waals surface area contributed by atoms with Crippen molar-refractivity contribution in [3.8, 4) is 0 Å². The molecule has 254 valence electrons. The standard InChI is InChI=1S/C25H50N3O14P/c1-35-17-18-38-21-28-25(32)41-20-22(19-40-24(31)27-11-16-37-13-8-12-29)39-14-7-9-23(30)26-10-5-3-4-6-15-42-43(33,34)36-2/h22,29H,3-21H2,1-2H3,(H,26,30)(H,27,31)(H,28,32)(H,33,34)/p-1. The molecule has 0 aromatic rings.